The predicted octanol–water partition coefficient (Wildman–Crippen LogP) is 2.96. The average molecular weight is 463 g/mol. The van der Waals surface area contributed by atoms with Crippen LogP contribution < -0.4 is 10.6 Å². The van der Waals surface area contributed by atoms with Gasteiger partial charge in [-0.3, -0.25) is 4.79 Å². The molecule has 4 rings (SSSR count). The number of likely N-dealkylation sites (tertiary alicyclic amines) is 1. The van der Waals surface area contributed by atoms with Gasteiger partial charge in [0.25, 0.3) is 5.91 Å². The first-order valence-electron chi connectivity index (χ1n) is 10.4. The lowest BCUT2D eigenvalue weighted by atomic mass is 10.1. The molecule has 0 spiro atoms. The van der Waals surface area contributed by atoms with Gasteiger partial charge >= 0.3 is 6.03 Å². The van der Waals surface area contributed by atoms with Gasteiger partial charge in [0.15, 0.2) is 0 Å². The molecule has 0 atom stereocenters. The first kappa shape index (κ1) is 21.8. The molecule has 3 heterocycles. The van der Waals surface area contributed by atoms with Crippen molar-refractivity contribution in [3.63, 3.8) is 0 Å². The molecular weight excluding hydrogens is 436 g/mol. The van der Waals surface area contributed by atoms with Crippen molar-refractivity contribution in [2.24, 2.45) is 0 Å². The van der Waals surface area contributed by atoms with Gasteiger partial charge in [0.05, 0.1) is 0 Å². The second-order valence-corrected chi connectivity index (χ2v) is 10.6. The van der Waals surface area contributed by atoms with Crippen molar-refractivity contribution in [1.29, 1.82) is 0 Å². The lowest BCUT2D eigenvalue weighted by Gasteiger charge is -2.32. The highest BCUT2D eigenvalue weighted by molar-refractivity contribution is 7.89. The number of nitrogens with zero attached hydrogens (tertiary/aromatic N) is 2. The van der Waals surface area contributed by atoms with Gasteiger partial charge in [0.2, 0.25) is 10.0 Å². The summed E-state index contributed by atoms with van der Waals surface area (Å²) in [4.78, 5) is 27.3. The van der Waals surface area contributed by atoms with Crippen molar-refractivity contribution in [1.82, 2.24) is 14.5 Å². The maximum atomic E-state index is 13.1. The summed E-state index contributed by atoms with van der Waals surface area (Å²) in [5.74, 6) is -0.250. The number of anilines is 1. The molecule has 0 aliphatic carbocycles. The van der Waals surface area contributed by atoms with Crippen LogP contribution in [0.4, 0.5) is 10.5 Å². The number of piperidine rings is 1. The van der Waals surface area contributed by atoms with E-state index in [9.17, 15) is 18.0 Å². The Balaban J connectivity index is 1.34. The SMILES string of the molecule is O=C(Nc1ccccc1)NC1CCN(C(=O)c2sccc2S(=O)(=O)N2CCCC2)CC1. The Hall–Kier alpha value is -2.43. The van der Waals surface area contributed by atoms with Gasteiger partial charge in [-0.1, -0.05) is 18.2 Å². The van der Waals surface area contributed by atoms with E-state index in [4.69, 9.17) is 0 Å². The predicted molar refractivity (Wildman–Crippen MR) is 120 cm³/mol. The fourth-order valence-corrected chi connectivity index (χ4v) is 6.85. The van der Waals surface area contributed by atoms with E-state index >= 15 is 0 Å². The highest BCUT2D eigenvalue weighted by Gasteiger charge is 2.34. The molecule has 1 aromatic carbocycles. The Bertz CT molecular complexity index is 1020. The van der Waals surface area contributed by atoms with Crippen molar-refractivity contribution < 1.29 is 18.0 Å². The third-order valence-electron chi connectivity index (χ3n) is 5.66. The Morgan fingerprint density at radius 2 is 1.65 bits per heavy atom. The second kappa shape index (κ2) is 9.37. The topological polar surface area (TPSA) is 98.8 Å². The van der Waals surface area contributed by atoms with Gasteiger partial charge in [-0.2, -0.15) is 4.31 Å². The number of hydrogen-bond donors (Lipinski definition) is 2. The van der Waals surface area contributed by atoms with Crippen molar-refractivity contribution >= 4 is 39.0 Å². The smallest absolute Gasteiger partial charge is 0.319 e. The Kier molecular flexibility index (Phi) is 6.59. The molecule has 31 heavy (non-hydrogen) atoms. The summed E-state index contributed by atoms with van der Waals surface area (Å²) in [6.45, 7) is 1.95. The van der Waals surface area contributed by atoms with Gasteiger partial charge in [0.1, 0.15) is 9.77 Å². The molecule has 2 fully saturated rings. The normalized spacial score (nSPS) is 18.1. The second-order valence-electron chi connectivity index (χ2n) is 7.76. The molecule has 0 bridgehead atoms. The third kappa shape index (κ3) is 4.91. The number of nitrogens with one attached hydrogen (secondary N) is 2. The Labute approximate surface area is 186 Å². The number of urea groups is 1. The van der Waals surface area contributed by atoms with Crippen LogP contribution in [0, 0.1) is 0 Å². The number of thiophene rings is 1. The molecule has 3 amide bonds. The number of carbonyl (C=O) groups excluding carboxylic acids is 2. The van der Waals surface area contributed by atoms with E-state index in [2.05, 4.69) is 10.6 Å². The lowest BCUT2D eigenvalue weighted by Crippen LogP contribution is -2.47. The summed E-state index contributed by atoms with van der Waals surface area (Å²) < 4.78 is 27.3. The molecule has 0 unspecified atom stereocenters. The minimum atomic E-state index is -3.64. The first-order chi connectivity index (χ1) is 14.9. The first-order valence-corrected chi connectivity index (χ1v) is 12.8. The number of carbonyl (C=O) groups is 2. The molecule has 8 nitrogen and oxygen atoms in total. The minimum absolute atomic E-state index is 0.0381. The number of para-hydroxylation sites is 1. The van der Waals surface area contributed by atoms with Crippen LogP contribution in [0.5, 0.6) is 0 Å². The molecule has 0 saturated carbocycles. The summed E-state index contributed by atoms with van der Waals surface area (Å²) in [6.07, 6.45) is 2.94. The molecule has 2 aliphatic heterocycles. The van der Waals surface area contributed by atoms with Crippen molar-refractivity contribution in [2.75, 3.05) is 31.5 Å². The van der Waals surface area contributed by atoms with E-state index in [1.54, 1.807) is 10.3 Å². The number of benzene rings is 1. The number of rotatable bonds is 5. The summed E-state index contributed by atoms with van der Waals surface area (Å²) in [7, 11) is -3.64. The zero-order valence-corrected chi connectivity index (χ0v) is 18.8. The van der Waals surface area contributed by atoms with Crippen LogP contribution in [0.15, 0.2) is 46.7 Å². The minimum Gasteiger partial charge on any atom is -0.338 e. The maximum absolute atomic E-state index is 13.1. The third-order valence-corrected chi connectivity index (χ3v) is 8.63. The van der Waals surface area contributed by atoms with Gasteiger partial charge in [-0.05, 0) is 49.3 Å². The Morgan fingerprint density at radius 3 is 2.32 bits per heavy atom. The lowest BCUT2D eigenvalue weighted by molar-refractivity contribution is 0.0710. The highest BCUT2D eigenvalue weighted by Crippen LogP contribution is 2.29. The van der Waals surface area contributed by atoms with Crippen molar-refractivity contribution in [3.05, 3.63) is 46.7 Å². The zero-order valence-electron chi connectivity index (χ0n) is 17.1. The molecule has 2 aliphatic rings. The van der Waals surface area contributed by atoms with E-state index in [0.29, 0.717) is 39.0 Å². The van der Waals surface area contributed by atoms with Gasteiger partial charge in [0, 0.05) is 37.9 Å². The van der Waals surface area contributed by atoms with E-state index in [-0.39, 0.29) is 27.8 Å². The molecule has 0 radical (unpaired) electrons. The van der Waals surface area contributed by atoms with E-state index < -0.39 is 10.0 Å². The van der Waals surface area contributed by atoms with Crippen LogP contribution in [-0.4, -0.2) is 61.8 Å². The highest BCUT2D eigenvalue weighted by atomic mass is 32.2. The van der Waals surface area contributed by atoms with Crippen LogP contribution >= 0.6 is 11.3 Å². The maximum Gasteiger partial charge on any atom is 0.319 e. The van der Waals surface area contributed by atoms with E-state index in [0.717, 1.165) is 18.5 Å². The molecule has 166 valence electrons. The molecule has 2 saturated heterocycles. The van der Waals surface area contributed by atoms with Gasteiger partial charge < -0.3 is 15.5 Å². The van der Waals surface area contributed by atoms with Crippen LogP contribution in [-0.2, 0) is 10.0 Å². The monoisotopic (exact) mass is 462 g/mol. The molecule has 2 aromatic rings. The molecular formula is C21H26N4O4S2. The quantitative estimate of drug-likeness (QED) is 0.714. The van der Waals surface area contributed by atoms with Crippen LogP contribution in [0.2, 0.25) is 0 Å². The standard InChI is InChI=1S/C21H26N4O4S2/c26-20(19-18(10-15-30-19)31(28,29)25-11-4-5-12-25)24-13-8-17(9-14-24)23-21(27)22-16-6-2-1-3-7-16/h1-3,6-7,10,15,17H,4-5,8-9,11-14H2,(H2,22,23,27). The van der Waals surface area contributed by atoms with Crippen molar-refractivity contribution in [2.45, 2.75) is 36.6 Å². The fraction of sp³-hybridized carbons (Fsp3) is 0.429. The summed E-state index contributed by atoms with van der Waals surface area (Å²) in [6, 6.07) is 10.4. The molecule has 2 N–H and O–H groups in total. The average Bonchev–Trinajstić information content (AvgIpc) is 3.47. The van der Waals surface area contributed by atoms with E-state index in [1.807, 2.05) is 30.3 Å². The van der Waals surface area contributed by atoms with E-state index in [1.165, 1.54) is 21.7 Å². The van der Waals surface area contributed by atoms with Gasteiger partial charge in [-0.15, -0.1) is 11.3 Å². The fourth-order valence-electron chi connectivity index (χ4n) is 3.97. The summed E-state index contributed by atoms with van der Waals surface area (Å²) in [5, 5.41) is 7.41. The largest absolute Gasteiger partial charge is 0.338 e. The number of amides is 3. The number of sulfonamides is 1. The van der Waals surface area contributed by atoms with Crippen LogP contribution in [0.25, 0.3) is 0 Å². The van der Waals surface area contributed by atoms with Crippen LogP contribution in [0.1, 0.15) is 35.4 Å². The van der Waals surface area contributed by atoms with Gasteiger partial charge in [-0.25, -0.2) is 13.2 Å². The Morgan fingerprint density at radius 1 is 0.968 bits per heavy atom. The van der Waals surface area contributed by atoms with Crippen molar-refractivity contribution in [3.8, 4) is 0 Å². The zero-order chi connectivity index (χ0) is 21.8. The molecule has 10 heteroatoms. The van der Waals surface area contributed by atoms with Crippen LogP contribution in [0.3, 0.4) is 0 Å². The molecule has 1 aromatic heterocycles. The number of hydrogen-bond acceptors (Lipinski definition) is 5. The summed E-state index contributed by atoms with van der Waals surface area (Å²) >= 11 is 1.17. The summed E-state index contributed by atoms with van der Waals surface area (Å²) in [5.41, 5.74) is 0.719.